The molecule has 0 heterocycles. The summed E-state index contributed by atoms with van der Waals surface area (Å²) in [5.41, 5.74) is 3.98. The Morgan fingerprint density at radius 1 is 1.05 bits per heavy atom. The zero-order valence-corrected chi connectivity index (χ0v) is 12.4. The van der Waals surface area contributed by atoms with E-state index in [1.807, 2.05) is 19.1 Å². The zero-order valence-electron chi connectivity index (χ0n) is 12.4. The van der Waals surface area contributed by atoms with Crippen LogP contribution >= 0.6 is 0 Å². The first-order chi connectivity index (χ1) is 10.2. The van der Waals surface area contributed by atoms with Crippen molar-refractivity contribution in [1.29, 1.82) is 0 Å². The maximum absolute atomic E-state index is 12.8. The van der Waals surface area contributed by atoms with Crippen LogP contribution in [0.3, 0.4) is 0 Å². The molecule has 2 rings (SSSR count). The fourth-order valence-electron chi connectivity index (χ4n) is 1.99. The van der Waals surface area contributed by atoms with Crippen molar-refractivity contribution in [3.05, 3.63) is 71.0 Å². The maximum Gasteiger partial charge on any atom is 0.123 e. The first-order valence-electron chi connectivity index (χ1n) is 7.11. The number of nitrogens with zero attached hydrogens (tertiary/aromatic N) is 2. The lowest BCUT2D eigenvalue weighted by Crippen LogP contribution is -1.93. The molecular formula is C18H19FN2. The molecule has 0 spiro atoms. The fraction of sp³-hybridized carbons (Fsp3) is 0.222. The molecule has 0 saturated heterocycles. The molecule has 0 bridgehead atoms. The van der Waals surface area contributed by atoms with E-state index in [1.165, 1.54) is 17.7 Å². The smallest absolute Gasteiger partial charge is 0.123 e. The van der Waals surface area contributed by atoms with E-state index in [1.54, 1.807) is 18.3 Å². The number of halogens is 1. The van der Waals surface area contributed by atoms with Gasteiger partial charge in [0, 0.05) is 0 Å². The van der Waals surface area contributed by atoms with Crippen molar-refractivity contribution in [2.75, 3.05) is 0 Å². The van der Waals surface area contributed by atoms with E-state index in [2.05, 4.69) is 29.3 Å². The Morgan fingerprint density at radius 3 is 2.33 bits per heavy atom. The van der Waals surface area contributed by atoms with Crippen LogP contribution in [0.2, 0.25) is 0 Å². The summed E-state index contributed by atoms with van der Waals surface area (Å²) in [5.74, 6) is -0.248. The molecule has 0 aliphatic rings. The summed E-state index contributed by atoms with van der Waals surface area (Å²) < 4.78 is 12.8. The van der Waals surface area contributed by atoms with E-state index in [9.17, 15) is 4.39 Å². The third-order valence-corrected chi connectivity index (χ3v) is 3.19. The SMILES string of the molecule is CCCc1ccc(/C=N/N=C(\C)c2ccc(F)cc2)cc1. The molecule has 21 heavy (non-hydrogen) atoms. The van der Waals surface area contributed by atoms with Crippen LogP contribution in [-0.2, 0) is 6.42 Å². The van der Waals surface area contributed by atoms with Gasteiger partial charge in [-0.25, -0.2) is 4.39 Å². The van der Waals surface area contributed by atoms with Crippen LogP contribution in [-0.4, -0.2) is 11.9 Å². The Kier molecular flexibility index (Phi) is 5.38. The van der Waals surface area contributed by atoms with Gasteiger partial charge in [-0.15, -0.1) is 0 Å². The van der Waals surface area contributed by atoms with E-state index in [0.29, 0.717) is 0 Å². The van der Waals surface area contributed by atoms with E-state index in [4.69, 9.17) is 0 Å². The van der Waals surface area contributed by atoms with Gasteiger partial charge in [-0.3, -0.25) is 0 Å². The number of aryl methyl sites for hydroxylation is 1. The molecule has 2 nitrogen and oxygen atoms in total. The van der Waals surface area contributed by atoms with Crippen molar-refractivity contribution in [1.82, 2.24) is 0 Å². The van der Waals surface area contributed by atoms with Gasteiger partial charge in [0.15, 0.2) is 0 Å². The highest BCUT2D eigenvalue weighted by atomic mass is 19.1. The molecule has 3 heteroatoms. The maximum atomic E-state index is 12.8. The molecule has 0 fully saturated rings. The molecule has 0 aromatic heterocycles. The Bertz CT molecular complexity index is 625. The summed E-state index contributed by atoms with van der Waals surface area (Å²) in [7, 11) is 0. The minimum Gasteiger partial charge on any atom is -0.207 e. The topological polar surface area (TPSA) is 24.7 Å². The first kappa shape index (κ1) is 15.1. The Balaban J connectivity index is 2.03. The highest BCUT2D eigenvalue weighted by molar-refractivity contribution is 5.98. The monoisotopic (exact) mass is 282 g/mol. The predicted octanol–water partition coefficient (Wildman–Crippen LogP) is 4.62. The molecule has 2 aromatic rings. The average molecular weight is 282 g/mol. The van der Waals surface area contributed by atoms with Crippen molar-refractivity contribution < 1.29 is 4.39 Å². The normalized spacial score (nSPS) is 12.0. The third-order valence-electron chi connectivity index (χ3n) is 3.19. The van der Waals surface area contributed by atoms with Crippen molar-refractivity contribution in [2.45, 2.75) is 26.7 Å². The zero-order chi connectivity index (χ0) is 15.1. The summed E-state index contributed by atoms with van der Waals surface area (Å²) >= 11 is 0. The lowest BCUT2D eigenvalue weighted by atomic mass is 10.1. The molecule has 0 N–H and O–H groups in total. The van der Waals surface area contributed by atoms with Gasteiger partial charge < -0.3 is 0 Å². The number of hydrogen-bond acceptors (Lipinski definition) is 2. The highest BCUT2D eigenvalue weighted by Crippen LogP contribution is 2.06. The number of rotatable bonds is 5. The van der Waals surface area contributed by atoms with E-state index in [0.717, 1.165) is 29.7 Å². The molecule has 0 radical (unpaired) electrons. The second kappa shape index (κ2) is 7.48. The minimum atomic E-state index is -0.248. The van der Waals surface area contributed by atoms with Crippen LogP contribution in [0.4, 0.5) is 4.39 Å². The van der Waals surface area contributed by atoms with Crippen LogP contribution in [0.5, 0.6) is 0 Å². The lowest BCUT2D eigenvalue weighted by molar-refractivity contribution is 0.628. The third kappa shape index (κ3) is 4.63. The number of benzene rings is 2. The van der Waals surface area contributed by atoms with E-state index >= 15 is 0 Å². The quantitative estimate of drug-likeness (QED) is 0.564. The number of hydrogen-bond donors (Lipinski definition) is 0. The van der Waals surface area contributed by atoms with Crippen LogP contribution in [0, 0.1) is 5.82 Å². The van der Waals surface area contributed by atoms with Gasteiger partial charge in [-0.1, -0.05) is 49.7 Å². The van der Waals surface area contributed by atoms with Gasteiger partial charge in [0.1, 0.15) is 5.82 Å². The largest absolute Gasteiger partial charge is 0.207 e. The molecule has 0 aliphatic heterocycles. The molecule has 2 aromatic carbocycles. The summed E-state index contributed by atoms with van der Waals surface area (Å²) in [6, 6.07) is 14.5. The van der Waals surface area contributed by atoms with Gasteiger partial charge in [0.05, 0.1) is 11.9 Å². The van der Waals surface area contributed by atoms with Crippen molar-refractivity contribution in [3.63, 3.8) is 0 Å². The van der Waals surface area contributed by atoms with Crippen LogP contribution < -0.4 is 0 Å². The minimum absolute atomic E-state index is 0.248. The molecule has 0 unspecified atom stereocenters. The molecule has 0 saturated carbocycles. The van der Waals surface area contributed by atoms with E-state index < -0.39 is 0 Å². The molecular weight excluding hydrogens is 263 g/mol. The average Bonchev–Trinajstić information content (AvgIpc) is 2.50. The second-order valence-corrected chi connectivity index (χ2v) is 4.93. The Hall–Kier alpha value is -2.29. The van der Waals surface area contributed by atoms with Crippen LogP contribution in [0.15, 0.2) is 58.7 Å². The molecule has 0 aliphatic carbocycles. The predicted molar refractivity (Wildman–Crippen MR) is 86.6 cm³/mol. The van der Waals surface area contributed by atoms with Gasteiger partial charge in [0.25, 0.3) is 0 Å². The van der Waals surface area contributed by atoms with Gasteiger partial charge in [0.2, 0.25) is 0 Å². The molecule has 0 amide bonds. The lowest BCUT2D eigenvalue weighted by Gasteiger charge is -1.99. The van der Waals surface area contributed by atoms with Crippen LogP contribution in [0.1, 0.15) is 37.0 Å². The summed E-state index contributed by atoms with van der Waals surface area (Å²) in [5, 5.41) is 8.23. The summed E-state index contributed by atoms with van der Waals surface area (Å²) in [6.45, 7) is 4.03. The fourth-order valence-corrected chi connectivity index (χ4v) is 1.99. The second-order valence-electron chi connectivity index (χ2n) is 4.93. The van der Waals surface area contributed by atoms with Crippen LogP contribution in [0.25, 0.3) is 0 Å². The van der Waals surface area contributed by atoms with Gasteiger partial charge in [-0.2, -0.15) is 10.2 Å². The standard InChI is InChI=1S/C18H19FN2/c1-3-4-15-5-7-16(8-6-15)13-20-21-14(2)17-9-11-18(19)12-10-17/h5-13H,3-4H2,1-2H3/b20-13+,21-14+. The van der Waals surface area contributed by atoms with Gasteiger partial charge >= 0.3 is 0 Å². The first-order valence-corrected chi connectivity index (χ1v) is 7.11. The Morgan fingerprint density at radius 2 is 1.71 bits per heavy atom. The summed E-state index contributed by atoms with van der Waals surface area (Å²) in [4.78, 5) is 0. The highest BCUT2D eigenvalue weighted by Gasteiger charge is 1.97. The van der Waals surface area contributed by atoms with Crippen molar-refractivity contribution in [3.8, 4) is 0 Å². The van der Waals surface area contributed by atoms with E-state index in [-0.39, 0.29) is 5.82 Å². The van der Waals surface area contributed by atoms with Crippen molar-refractivity contribution in [2.24, 2.45) is 10.2 Å². The Labute approximate surface area is 125 Å². The molecule has 108 valence electrons. The van der Waals surface area contributed by atoms with Crippen molar-refractivity contribution >= 4 is 11.9 Å². The van der Waals surface area contributed by atoms with Gasteiger partial charge in [-0.05, 0) is 42.2 Å². The summed E-state index contributed by atoms with van der Waals surface area (Å²) in [6.07, 6.45) is 3.97. The molecule has 0 atom stereocenters.